The summed E-state index contributed by atoms with van der Waals surface area (Å²) in [6, 6.07) is 1.63. The molecule has 1 aromatic rings. The van der Waals surface area contributed by atoms with Crippen molar-refractivity contribution in [3.05, 3.63) is 28.3 Å². The minimum absolute atomic E-state index is 0.276. The Labute approximate surface area is 106 Å². The molecule has 1 aliphatic rings. The van der Waals surface area contributed by atoms with E-state index in [0.717, 1.165) is 32.2 Å². The van der Waals surface area contributed by atoms with Gasteiger partial charge in [0.2, 0.25) is 5.43 Å². The number of rotatable bonds is 3. The average Bonchev–Trinajstić information content (AvgIpc) is 2.36. The van der Waals surface area contributed by atoms with Gasteiger partial charge in [-0.25, -0.2) is 0 Å². The highest BCUT2D eigenvalue weighted by molar-refractivity contribution is 5.15. The first-order valence-corrected chi connectivity index (χ1v) is 6.38. The molecule has 1 fully saturated rings. The Kier molecular flexibility index (Phi) is 4.04. The summed E-state index contributed by atoms with van der Waals surface area (Å²) >= 11 is 0. The molecule has 0 bridgehead atoms. The normalized spacial score (nSPS) is 25.2. The van der Waals surface area contributed by atoms with Gasteiger partial charge in [-0.1, -0.05) is 13.3 Å². The number of hydrogen-bond donors (Lipinski definition) is 2. The van der Waals surface area contributed by atoms with Crippen molar-refractivity contribution in [2.24, 2.45) is 11.7 Å². The van der Waals surface area contributed by atoms with Crippen LogP contribution in [-0.4, -0.2) is 29.1 Å². The van der Waals surface area contributed by atoms with Crippen LogP contribution in [0.2, 0.25) is 0 Å². The van der Waals surface area contributed by atoms with E-state index in [-0.39, 0.29) is 11.8 Å². The molecule has 5 nitrogen and oxygen atoms in total. The van der Waals surface area contributed by atoms with Crippen molar-refractivity contribution in [3.8, 4) is 5.75 Å². The van der Waals surface area contributed by atoms with Gasteiger partial charge in [-0.15, -0.1) is 0 Å². The molecule has 2 unspecified atom stereocenters. The number of aromatic hydroxyl groups is 1. The molecule has 2 heterocycles. The highest BCUT2D eigenvalue weighted by Crippen LogP contribution is 2.20. The second-order valence-electron chi connectivity index (χ2n) is 4.95. The lowest BCUT2D eigenvalue weighted by molar-refractivity contribution is 0.136. The molecule has 2 atom stereocenters. The molecular formula is C13H20N2O3. The van der Waals surface area contributed by atoms with Crippen molar-refractivity contribution < 1.29 is 9.52 Å². The average molecular weight is 252 g/mol. The first-order chi connectivity index (χ1) is 8.60. The lowest BCUT2D eigenvalue weighted by Crippen LogP contribution is -2.46. The van der Waals surface area contributed by atoms with Crippen LogP contribution in [-0.2, 0) is 6.54 Å². The quantitative estimate of drug-likeness (QED) is 0.835. The maximum absolute atomic E-state index is 11.3. The molecule has 0 aromatic carbocycles. The third-order valence-corrected chi connectivity index (χ3v) is 3.65. The molecular weight excluding hydrogens is 232 g/mol. The monoisotopic (exact) mass is 252 g/mol. The van der Waals surface area contributed by atoms with Crippen molar-refractivity contribution in [3.63, 3.8) is 0 Å². The number of piperidine rings is 1. The first kappa shape index (κ1) is 13.1. The van der Waals surface area contributed by atoms with Gasteiger partial charge in [0.1, 0.15) is 12.0 Å². The minimum atomic E-state index is -0.392. The van der Waals surface area contributed by atoms with Gasteiger partial charge in [-0.2, -0.15) is 0 Å². The van der Waals surface area contributed by atoms with Gasteiger partial charge in [0, 0.05) is 25.2 Å². The maximum atomic E-state index is 11.3. The zero-order valence-corrected chi connectivity index (χ0v) is 10.6. The van der Waals surface area contributed by atoms with E-state index >= 15 is 0 Å². The van der Waals surface area contributed by atoms with Gasteiger partial charge in [-0.05, 0) is 12.3 Å². The molecule has 2 rings (SSSR count). The Bertz CT molecular complexity index is 458. The van der Waals surface area contributed by atoms with Gasteiger partial charge in [0.15, 0.2) is 5.75 Å². The van der Waals surface area contributed by atoms with E-state index in [1.165, 1.54) is 6.07 Å². The summed E-state index contributed by atoms with van der Waals surface area (Å²) in [5.41, 5.74) is 5.66. The van der Waals surface area contributed by atoms with Crippen LogP contribution < -0.4 is 11.2 Å². The predicted molar refractivity (Wildman–Crippen MR) is 68.3 cm³/mol. The summed E-state index contributed by atoms with van der Waals surface area (Å²) in [7, 11) is 0. The molecule has 1 aromatic heterocycles. The van der Waals surface area contributed by atoms with Crippen LogP contribution in [0.4, 0.5) is 0 Å². The van der Waals surface area contributed by atoms with E-state index in [1.54, 1.807) is 0 Å². The van der Waals surface area contributed by atoms with E-state index in [1.807, 2.05) is 0 Å². The molecule has 0 amide bonds. The number of nitrogens with zero attached hydrogens (tertiary/aromatic N) is 1. The van der Waals surface area contributed by atoms with E-state index in [4.69, 9.17) is 15.3 Å². The van der Waals surface area contributed by atoms with Gasteiger partial charge in [-0.3, -0.25) is 9.69 Å². The molecule has 3 N–H and O–H groups in total. The fourth-order valence-electron chi connectivity index (χ4n) is 2.45. The van der Waals surface area contributed by atoms with Crippen molar-refractivity contribution in [2.75, 3.05) is 13.1 Å². The Hall–Kier alpha value is -1.33. The van der Waals surface area contributed by atoms with Crippen LogP contribution >= 0.6 is 0 Å². The van der Waals surface area contributed by atoms with Crippen LogP contribution in [0.5, 0.6) is 5.75 Å². The van der Waals surface area contributed by atoms with Gasteiger partial charge in [0.25, 0.3) is 0 Å². The maximum Gasteiger partial charge on any atom is 0.226 e. The second kappa shape index (κ2) is 5.54. The van der Waals surface area contributed by atoms with E-state index in [0.29, 0.717) is 18.2 Å². The molecule has 100 valence electrons. The largest absolute Gasteiger partial charge is 0.502 e. The van der Waals surface area contributed by atoms with Crippen LogP contribution in [0.1, 0.15) is 25.5 Å². The summed E-state index contributed by atoms with van der Waals surface area (Å²) in [5.74, 6) is 0.747. The molecule has 18 heavy (non-hydrogen) atoms. The van der Waals surface area contributed by atoms with Crippen molar-refractivity contribution in [1.82, 2.24) is 4.90 Å². The molecule has 1 saturated heterocycles. The smallest absolute Gasteiger partial charge is 0.226 e. The van der Waals surface area contributed by atoms with Crippen LogP contribution in [0.15, 0.2) is 21.5 Å². The fraction of sp³-hybridized carbons (Fsp3) is 0.615. The van der Waals surface area contributed by atoms with Crippen molar-refractivity contribution >= 4 is 0 Å². The second-order valence-corrected chi connectivity index (χ2v) is 4.95. The van der Waals surface area contributed by atoms with Gasteiger partial charge in [0.05, 0.1) is 6.54 Å². The molecule has 0 saturated carbocycles. The summed E-state index contributed by atoms with van der Waals surface area (Å²) in [6.07, 6.45) is 3.14. The number of likely N-dealkylation sites (tertiary alicyclic amines) is 1. The molecule has 0 radical (unpaired) electrons. The topological polar surface area (TPSA) is 79.7 Å². The zero-order chi connectivity index (χ0) is 13.1. The van der Waals surface area contributed by atoms with E-state index in [9.17, 15) is 4.79 Å². The summed E-state index contributed by atoms with van der Waals surface area (Å²) < 4.78 is 5.21. The Morgan fingerprint density at radius 2 is 2.39 bits per heavy atom. The van der Waals surface area contributed by atoms with Crippen molar-refractivity contribution in [2.45, 2.75) is 32.4 Å². The third kappa shape index (κ3) is 2.91. The molecule has 1 aliphatic heterocycles. The van der Waals surface area contributed by atoms with Gasteiger partial charge < -0.3 is 15.3 Å². The third-order valence-electron chi connectivity index (χ3n) is 3.65. The summed E-state index contributed by atoms with van der Waals surface area (Å²) in [5, 5.41) is 9.13. The Morgan fingerprint density at radius 3 is 3.06 bits per heavy atom. The van der Waals surface area contributed by atoms with Crippen LogP contribution in [0.3, 0.4) is 0 Å². The Morgan fingerprint density at radius 1 is 1.61 bits per heavy atom. The van der Waals surface area contributed by atoms with Crippen molar-refractivity contribution in [1.29, 1.82) is 0 Å². The van der Waals surface area contributed by atoms with E-state index in [2.05, 4.69) is 11.8 Å². The SMILES string of the molecule is CCC1CN(Cc2cc(=O)c(O)co2)CCC1N. The van der Waals surface area contributed by atoms with Crippen LogP contribution in [0, 0.1) is 5.92 Å². The Balaban J connectivity index is 2.01. The molecule has 5 heteroatoms. The lowest BCUT2D eigenvalue weighted by atomic mass is 9.91. The highest BCUT2D eigenvalue weighted by atomic mass is 16.4. The standard InChI is InChI=1S/C13H20N2O3/c1-2-9-6-15(4-3-11(9)14)7-10-5-12(16)13(17)8-18-10/h5,8-9,11,17H,2-4,6-7,14H2,1H3. The minimum Gasteiger partial charge on any atom is -0.502 e. The molecule has 0 aliphatic carbocycles. The fourth-order valence-corrected chi connectivity index (χ4v) is 2.45. The summed E-state index contributed by atoms with van der Waals surface area (Å²) in [6.45, 7) is 4.60. The zero-order valence-electron chi connectivity index (χ0n) is 10.6. The predicted octanol–water partition coefficient (Wildman–Crippen LogP) is 0.905. The van der Waals surface area contributed by atoms with Gasteiger partial charge >= 0.3 is 0 Å². The number of nitrogens with two attached hydrogens (primary N) is 1. The summed E-state index contributed by atoms with van der Waals surface area (Å²) in [4.78, 5) is 13.5. The van der Waals surface area contributed by atoms with Crippen LogP contribution in [0.25, 0.3) is 0 Å². The number of hydrogen-bond acceptors (Lipinski definition) is 5. The molecule has 0 spiro atoms. The lowest BCUT2D eigenvalue weighted by Gasteiger charge is -2.36. The first-order valence-electron chi connectivity index (χ1n) is 6.38. The highest BCUT2D eigenvalue weighted by Gasteiger charge is 2.25. The van der Waals surface area contributed by atoms with E-state index < -0.39 is 5.43 Å².